The number of rotatable bonds is 5. The van der Waals surface area contributed by atoms with Gasteiger partial charge < -0.3 is 15.7 Å². The van der Waals surface area contributed by atoms with Crippen molar-refractivity contribution in [2.24, 2.45) is 5.92 Å². The van der Waals surface area contributed by atoms with Gasteiger partial charge in [0.2, 0.25) is 5.91 Å². The van der Waals surface area contributed by atoms with E-state index in [-0.39, 0.29) is 18.1 Å². The summed E-state index contributed by atoms with van der Waals surface area (Å²) in [7, 11) is 0. The summed E-state index contributed by atoms with van der Waals surface area (Å²) in [6.07, 6.45) is 2.90. The molecule has 2 atom stereocenters. The van der Waals surface area contributed by atoms with Gasteiger partial charge in [-0.05, 0) is 32.6 Å². The number of aliphatic hydroxyl groups is 1. The monoisotopic (exact) mass is 214 g/mol. The Labute approximate surface area is 91.4 Å². The Hall–Kier alpha value is -0.610. The number of aliphatic hydroxyl groups excluding tert-OH is 1. The molecule has 0 aromatic heterocycles. The Balaban J connectivity index is 2.08. The van der Waals surface area contributed by atoms with Gasteiger partial charge in [-0.15, -0.1) is 0 Å². The van der Waals surface area contributed by atoms with Gasteiger partial charge >= 0.3 is 0 Å². The summed E-state index contributed by atoms with van der Waals surface area (Å²) < 4.78 is 0. The van der Waals surface area contributed by atoms with Crippen molar-refractivity contribution in [1.82, 2.24) is 10.6 Å². The Morgan fingerprint density at radius 3 is 2.73 bits per heavy atom. The number of hydrogen-bond donors (Lipinski definition) is 3. The lowest BCUT2D eigenvalue weighted by molar-refractivity contribution is -0.120. The fourth-order valence-corrected chi connectivity index (χ4v) is 2.00. The van der Waals surface area contributed by atoms with Crippen molar-refractivity contribution in [3.8, 4) is 0 Å². The van der Waals surface area contributed by atoms with Crippen molar-refractivity contribution in [2.75, 3.05) is 13.1 Å². The molecule has 1 saturated carbocycles. The van der Waals surface area contributed by atoms with Crippen LogP contribution >= 0.6 is 0 Å². The highest BCUT2D eigenvalue weighted by atomic mass is 16.3. The van der Waals surface area contributed by atoms with E-state index in [1.807, 2.05) is 13.8 Å². The topological polar surface area (TPSA) is 61.4 Å². The Kier molecular flexibility index (Phi) is 5.05. The fraction of sp³-hybridized carbons (Fsp3) is 0.909. The zero-order valence-corrected chi connectivity index (χ0v) is 9.62. The van der Waals surface area contributed by atoms with Crippen LogP contribution in [0.2, 0.25) is 0 Å². The van der Waals surface area contributed by atoms with Crippen LogP contribution < -0.4 is 10.6 Å². The minimum atomic E-state index is -0.175. The maximum absolute atomic E-state index is 11.3. The summed E-state index contributed by atoms with van der Waals surface area (Å²) in [6, 6.07) is 0.191. The molecular formula is C11H22N2O2. The second kappa shape index (κ2) is 6.08. The van der Waals surface area contributed by atoms with Crippen molar-refractivity contribution in [1.29, 1.82) is 0 Å². The van der Waals surface area contributed by atoms with E-state index >= 15 is 0 Å². The third-order valence-corrected chi connectivity index (χ3v) is 2.76. The van der Waals surface area contributed by atoms with Crippen LogP contribution in [0, 0.1) is 5.92 Å². The molecule has 0 saturated heterocycles. The van der Waals surface area contributed by atoms with Gasteiger partial charge in [-0.2, -0.15) is 0 Å². The van der Waals surface area contributed by atoms with Gasteiger partial charge in [-0.3, -0.25) is 4.79 Å². The summed E-state index contributed by atoms with van der Waals surface area (Å²) in [4.78, 5) is 11.3. The predicted octanol–water partition coefficient (Wildman–Crippen LogP) is 0.262. The highest BCUT2D eigenvalue weighted by Gasteiger charge is 2.24. The minimum Gasteiger partial charge on any atom is -0.393 e. The third-order valence-electron chi connectivity index (χ3n) is 2.76. The highest BCUT2D eigenvalue weighted by Crippen LogP contribution is 2.24. The minimum absolute atomic E-state index is 0.0255. The van der Waals surface area contributed by atoms with Gasteiger partial charge in [-0.25, -0.2) is 0 Å². The molecule has 0 radical (unpaired) electrons. The van der Waals surface area contributed by atoms with Crippen LogP contribution in [-0.2, 0) is 4.79 Å². The van der Waals surface area contributed by atoms with E-state index < -0.39 is 0 Å². The number of amides is 1. The van der Waals surface area contributed by atoms with Crippen molar-refractivity contribution < 1.29 is 9.90 Å². The van der Waals surface area contributed by atoms with Crippen LogP contribution in [0.1, 0.15) is 33.1 Å². The van der Waals surface area contributed by atoms with Gasteiger partial charge in [0, 0.05) is 12.6 Å². The van der Waals surface area contributed by atoms with Gasteiger partial charge in [0.15, 0.2) is 0 Å². The van der Waals surface area contributed by atoms with Crippen molar-refractivity contribution in [2.45, 2.75) is 45.3 Å². The lowest BCUT2D eigenvalue weighted by atomic mass is 10.1. The van der Waals surface area contributed by atoms with Gasteiger partial charge in [0.05, 0.1) is 12.6 Å². The largest absolute Gasteiger partial charge is 0.393 e. The smallest absolute Gasteiger partial charge is 0.234 e. The Morgan fingerprint density at radius 1 is 1.47 bits per heavy atom. The molecule has 3 N–H and O–H groups in total. The SMILES string of the molecule is CC(C)NC(=O)CNCC1CCCC1O. The molecule has 4 nitrogen and oxygen atoms in total. The zero-order chi connectivity index (χ0) is 11.3. The van der Waals surface area contributed by atoms with E-state index in [0.717, 1.165) is 25.8 Å². The van der Waals surface area contributed by atoms with E-state index in [2.05, 4.69) is 10.6 Å². The average molecular weight is 214 g/mol. The van der Waals surface area contributed by atoms with Gasteiger partial charge in [0.25, 0.3) is 0 Å². The van der Waals surface area contributed by atoms with Crippen LogP contribution in [0.5, 0.6) is 0 Å². The van der Waals surface area contributed by atoms with Crippen molar-refractivity contribution >= 4 is 5.91 Å². The molecule has 1 rings (SSSR count). The molecular weight excluding hydrogens is 192 g/mol. The third kappa shape index (κ3) is 4.62. The zero-order valence-electron chi connectivity index (χ0n) is 9.62. The van der Waals surface area contributed by atoms with E-state index in [1.54, 1.807) is 0 Å². The summed E-state index contributed by atoms with van der Waals surface area (Å²) >= 11 is 0. The second-order valence-electron chi connectivity index (χ2n) is 4.61. The fourth-order valence-electron chi connectivity index (χ4n) is 2.00. The summed E-state index contributed by atoms with van der Waals surface area (Å²) in [5.74, 6) is 0.356. The van der Waals surface area contributed by atoms with E-state index in [1.165, 1.54) is 0 Å². The van der Waals surface area contributed by atoms with Gasteiger partial charge in [0.1, 0.15) is 0 Å². The molecule has 0 aromatic rings. The second-order valence-corrected chi connectivity index (χ2v) is 4.61. The molecule has 0 aromatic carbocycles. The molecule has 1 aliphatic rings. The quantitative estimate of drug-likeness (QED) is 0.615. The molecule has 0 spiro atoms. The van der Waals surface area contributed by atoms with Crippen molar-refractivity contribution in [3.05, 3.63) is 0 Å². The molecule has 1 amide bonds. The molecule has 1 fully saturated rings. The molecule has 2 unspecified atom stereocenters. The molecule has 0 aliphatic heterocycles. The summed E-state index contributed by atoms with van der Waals surface area (Å²) in [5, 5.41) is 15.5. The first-order chi connectivity index (χ1) is 7.09. The van der Waals surface area contributed by atoms with Crippen LogP contribution in [0.15, 0.2) is 0 Å². The molecule has 88 valence electrons. The number of carbonyl (C=O) groups is 1. The maximum atomic E-state index is 11.3. The standard InChI is InChI=1S/C11H22N2O2/c1-8(2)13-11(15)7-12-6-9-4-3-5-10(9)14/h8-10,12,14H,3-7H2,1-2H3,(H,13,15). The van der Waals surface area contributed by atoms with Crippen LogP contribution in [-0.4, -0.2) is 36.2 Å². The predicted molar refractivity (Wildman–Crippen MR) is 59.5 cm³/mol. The maximum Gasteiger partial charge on any atom is 0.234 e. The molecule has 0 heterocycles. The van der Waals surface area contributed by atoms with E-state index in [4.69, 9.17) is 0 Å². The Bertz CT molecular complexity index is 207. The van der Waals surface area contributed by atoms with Gasteiger partial charge in [-0.1, -0.05) is 6.42 Å². The molecule has 0 bridgehead atoms. The first-order valence-electron chi connectivity index (χ1n) is 5.77. The van der Waals surface area contributed by atoms with Crippen LogP contribution in [0.3, 0.4) is 0 Å². The number of nitrogens with one attached hydrogen (secondary N) is 2. The van der Waals surface area contributed by atoms with Crippen LogP contribution in [0.4, 0.5) is 0 Å². The van der Waals surface area contributed by atoms with Crippen LogP contribution in [0.25, 0.3) is 0 Å². The molecule has 4 heteroatoms. The first-order valence-corrected chi connectivity index (χ1v) is 5.77. The molecule has 1 aliphatic carbocycles. The Morgan fingerprint density at radius 2 is 2.20 bits per heavy atom. The van der Waals surface area contributed by atoms with E-state index in [9.17, 15) is 9.90 Å². The van der Waals surface area contributed by atoms with Crippen molar-refractivity contribution in [3.63, 3.8) is 0 Å². The summed E-state index contributed by atoms with van der Waals surface area (Å²) in [5.41, 5.74) is 0. The molecule has 15 heavy (non-hydrogen) atoms. The number of hydrogen-bond acceptors (Lipinski definition) is 3. The normalized spacial score (nSPS) is 25.9. The van der Waals surface area contributed by atoms with E-state index in [0.29, 0.717) is 12.5 Å². The lowest BCUT2D eigenvalue weighted by Gasteiger charge is -2.15. The number of carbonyl (C=O) groups excluding carboxylic acids is 1. The first kappa shape index (κ1) is 12.5. The lowest BCUT2D eigenvalue weighted by Crippen LogP contribution is -2.39. The summed E-state index contributed by atoms with van der Waals surface area (Å²) in [6.45, 7) is 4.98. The highest BCUT2D eigenvalue weighted by molar-refractivity contribution is 5.78. The average Bonchev–Trinajstić information content (AvgIpc) is 2.50.